The maximum absolute atomic E-state index is 11.7. The summed E-state index contributed by atoms with van der Waals surface area (Å²) in [5.41, 5.74) is -0.649. The zero-order valence-electron chi connectivity index (χ0n) is 9.25. The van der Waals surface area contributed by atoms with Crippen molar-refractivity contribution in [1.82, 2.24) is 5.32 Å². The van der Waals surface area contributed by atoms with E-state index in [-0.39, 0.29) is 5.91 Å². The van der Waals surface area contributed by atoms with E-state index in [9.17, 15) is 4.79 Å². The summed E-state index contributed by atoms with van der Waals surface area (Å²) in [7, 11) is 0. The van der Waals surface area contributed by atoms with Crippen LogP contribution in [0.3, 0.4) is 0 Å². The number of amides is 1. The second-order valence-electron chi connectivity index (χ2n) is 5.19. The molecule has 0 saturated heterocycles. The van der Waals surface area contributed by atoms with Crippen LogP contribution in [0.25, 0.3) is 0 Å². The Morgan fingerprint density at radius 2 is 2.27 bits per heavy atom. The van der Waals surface area contributed by atoms with Crippen molar-refractivity contribution >= 4 is 5.91 Å². The lowest BCUT2D eigenvalue weighted by molar-refractivity contribution is -0.124. The molecule has 0 bridgehead atoms. The molecule has 0 aliphatic heterocycles. The first-order chi connectivity index (χ1) is 7.16. The van der Waals surface area contributed by atoms with Crippen LogP contribution < -0.4 is 5.32 Å². The van der Waals surface area contributed by atoms with Crippen LogP contribution in [0.2, 0.25) is 0 Å². The fraction of sp³-hybridized carbons (Fsp3) is 0.833. The second kappa shape index (κ2) is 3.84. The molecule has 2 fully saturated rings. The topological polar surface area (TPSA) is 52.9 Å². The lowest BCUT2D eigenvalue weighted by Gasteiger charge is -2.12. The third-order valence-corrected chi connectivity index (χ3v) is 3.75. The van der Waals surface area contributed by atoms with Crippen LogP contribution >= 0.6 is 0 Å². The summed E-state index contributed by atoms with van der Waals surface area (Å²) in [6.07, 6.45) is 5.22. The molecule has 2 saturated carbocycles. The molecular weight excluding hydrogens is 188 g/mol. The summed E-state index contributed by atoms with van der Waals surface area (Å²) in [5.74, 6) is 1.40. The first kappa shape index (κ1) is 10.5. The van der Waals surface area contributed by atoms with Crippen LogP contribution in [0.1, 0.15) is 39.0 Å². The van der Waals surface area contributed by atoms with Gasteiger partial charge in [-0.05, 0) is 37.5 Å². The van der Waals surface area contributed by atoms with Gasteiger partial charge in [0.05, 0.1) is 6.07 Å². The van der Waals surface area contributed by atoms with E-state index in [4.69, 9.17) is 5.26 Å². The summed E-state index contributed by atoms with van der Waals surface area (Å²) in [4.78, 5) is 11.7. The van der Waals surface area contributed by atoms with Gasteiger partial charge in [0.1, 0.15) is 5.41 Å². The van der Waals surface area contributed by atoms with Gasteiger partial charge in [-0.1, -0.05) is 13.3 Å². The van der Waals surface area contributed by atoms with Crippen molar-refractivity contribution in [3.05, 3.63) is 0 Å². The maximum atomic E-state index is 11.7. The number of rotatable bonds is 3. The quantitative estimate of drug-likeness (QED) is 0.766. The van der Waals surface area contributed by atoms with E-state index in [0.29, 0.717) is 5.92 Å². The average Bonchev–Trinajstić information content (AvgIpc) is 2.93. The largest absolute Gasteiger partial charge is 0.354 e. The molecule has 0 aromatic rings. The fourth-order valence-corrected chi connectivity index (χ4v) is 2.43. The van der Waals surface area contributed by atoms with E-state index in [0.717, 1.165) is 25.3 Å². The SMILES string of the molecule is CC1CCC(CNC(=O)C2(C#N)CC2)C1. The standard InChI is InChI=1S/C12H18N2O/c1-9-2-3-10(6-9)7-14-11(15)12(8-13)4-5-12/h9-10H,2-7H2,1H3,(H,14,15). The molecule has 1 amide bonds. The van der Waals surface area contributed by atoms with Crippen LogP contribution in [0.15, 0.2) is 0 Å². The first-order valence-electron chi connectivity index (χ1n) is 5.86. The van der Waals surface area contributed by atoms with Gasteiger partial charge >= 0.3 is 0 Å². The van der Waals surface area contributed by atoms with Gasteiger partial charge in [-0.2, -0.15) is 5.26 Å². The Kier molecular flexibility index (Phi) is 2.68. The monoisotopic (exact) mass is 206 g/mol. The lowest BCUT2D eigenvalue weighted by atomic mass is 10.0. The van der Waals surface area contributed by atoms with Crippen molar-refractivity contribution in [2.45, 2.75) is 39.0 Å². The molecule has 2 atom stereocenters. The van der Waals surface area contributed by atoms with Gasteiger partial charge in [0.15, 0.2) is 0 Å². The minimum Gasteiger partial charge on any atom is -0.354 e. The molecule has 0 aromatic heterocycles. The van der Waals surface area contributed by atoms with Gasteiger partial charge in [-0.3, -0.25) is 4.79 Å². The molecule has 1 N–H and O–H groups in total. The number of hydrogen-bond donors (Lipinski definition) is 1. The van der Waals surface area contributed by atoms with Crippen molar-refractivity contribution in [2.24, 2.45) is 17.3 Å². The average molecular weight is 206 g/mol. The zero-order chi connectivity index (χ0) is 10.9. The summed E-state index contributed by atoms with van der Waals surface area (Å²) < 4.78 is 0. The molecule has 2 aliphatic carbocycles. The zero-order valence-corrected chi connectivity index (χ0v) is 9.25. The van der Waals surface area contributed by atoms with Crippen LogP contribution in [0.4, 0.5) is 0 Å². The van der Waals surface area contributed by atoms with Gasteiger partial charge < -0.3 is 5.32 Å². The van der Waals surface area contributed by atoms with Crippen LogP contribution in [-0.4, -0.2) is 12.5 Å². The molecule has 0 aromatic carbocycles. The van der Waals surface area contributed by atoms with Gasteiger partial charge in [-0.25, -0.2) is 0 Å². The third-order valence-electron chi connectivity index (χ3n) is 3.75. The van der Waals surface area contributed by atoms with E-state index < -0.39 is 5.41 Å². The predicted octanol–water partition coefficient (Wildman–Crippen LogP) is 1.84. The van der Waals surface area contributed by atoms with Crippen LogP contribution in [0, 0.1) is 28.6 Å². The molecule has 0 radical (unpaired) electrons. The smallest absolute Gasteiger partial charge is 0.240 e. The Morgan fingerprint density at radius 1 is 1.53 bits per heavy atom. The molecule has 3 heteroatoms. The molecule has 2 rings (SSSR count). The highest BCUT2D eigenvalue weighted by Gasteiger charge is 2.50. The van der Waals surface area contributed by atoms with E-state index in [2.05, 4.69) is 18.3 Å². The summed E-state index contributed by atoms with van der Waals surface area (Å²) >= 11 is 0. The number of nitriles is 1. The molecule has 0 spiro atoms. The Labute approximate surface area is 90.8 Å². The minimum absolute atomic E-state index is 0.0375. The summed E-state index contributed by atoms with van der Waals surface area (Å²) in [6.45, 7) is 3.03. The Balaban J connectivity index is 1.75. The third kappa shape index (κ3) is 2.14. The molecule has 0 heterocycles. The van der Waals surface area contributed by atoms with Gasteiger partial charge in [0.25, 0.3) is 0 Å². The predicted molar refractivity (Wildman–Crippen MR) is 56.8 cm³/mol. The summed E-state index contributed by atoms with van der Waals surface area (Å²) in [6, 6.07) is 2.12. The molecule has 2 aliphatic rings. The highest BCUT2D eigenvalue weighted by Crippen LogP contribution is 2.45. The number of carbonyl (C=O) groups excluding carboxylic acids is 1. The molecule has 82 valence electrons. The van der Waals surface area contributed by atoms with E-state index in [1.54, 1.807) is 0 Å². The van der Waals surface area contributed by atoms with Crippen LogP contribution in [0.5, 0.6) is 0 Å². The second-order valence-corrected chi connectivity index (χ2v) is 5.19. The number of nitrogens with zero attached hydrogens (tertiary/aromatic N) is 1. The molecule has 3 nitrogen and oxygen atoms in total. The van der Waals surface area contributed by atoms with Gasteiger partial charge in [0, 0.05) is 6.54 Å². The van der Waals surface area contributed by atoms with E-state index in [1.807, 2.05) is 0 Å². The highest BCUT2D eigenvalue weighted by molar-refractivity contribution is 5.88. The van der Waals surface area contributed by atoms with Crippen molar-refractivity contribution in [1.29, 1.82) is 5.26 Å². The highest BCUT2D eigenvalue weighted by atomic mass is 16.2. The number of nitrogens with one attached hydrogen (secondary N) is 1. The number of carbonyl (C=O) groups is 1. The summed E-state index contributed by atoms with van der Waals surface area (Å²) in [5, 5.41) is 11.8. The van der Waals surface area contributed by atoms with Gasteiger partial charge in [-0.15, -0.1) is 0 Å². The lowest BCUT2D eigenvalue weighted by Crippen LogP contribution is -2.34. The van der Waals surface area contributed by atoms with Crippen molar-refractivity contribution in [3.8, 4) is 6.07 Å². The van der Waals surface area contributed by atoms with Crippen molar-refractivity contribution < 1.29 is 4.79 Å². The van der Waals surface area contributed by atoms with E-state index >= 15 is 0 Å². The number of hydrogen-bond acceptors (Lipinski definition) is 2. The van der Waals surface area contributed by atoms with Crippen molar-refractivity contribution in [3.63, 3.8) is 0 Å². The van der Waals surface area contributed by atoms with Gasteiger partial charge in [0.2, 0.25) is 5.91 Å². The molecular formula is C12H18N2O. The maximum Gasteiger partial charge on any atom is 0.240 e. The first-order valence-corrected chi connectivity index (χ1v) is 5.86. The Hall–Kier alpha value is -1.04. The van der Waals surface area contributed by atoms with Crippen LogP contribution in [-0.2, 0) is 4.79 Å². The Bertz CT molecular complexity index is 301. The molecule has 2 unspecified atom stereocenters. The van der Waals surface area contributed by atoms with Crippen molar-refractivity contribution in [2.75, 3.05) is 6.54 Å². The molecule has 15 heavy (non-hydrogen) atoms. The Morgan fingerprint density at radius 3 is 2.73 bits per heavy atom. The fourth-order valence-electron chi connectivity index (χ4n) is 2.43. The normalized spacial score (nSPS) is 32.0. The van der Waals surface area contributed by atoms with E-state index in [1.165, 1.54) is 19.3 Å². The minimum atomic E-state index is -0.649.